The van der Waals surface area contributed by atoms with Gasteiger partial charge in [-0.05, 0) is 37.3 Å². The van der Waals surface area contributed by atoms with E-state index in [9.17, 15) is 0 Å². The van der Waals surface area contributed by atoms with E-state index < -0.39 is 0 Å². The number of benzene rings is 1. The van der Waals surface area contributed by atoms with Crippen molar-refractivity contribution in [2.45, 2.75) is 6.92 Å². The minimum Gasteiger partial charge on any atom is -0.352 e. The Morgan fingerprint density at radius 2 is 1.90 bits per heavy atom. The van der Waals surface area contributed by atoms with Crippen LogP contribution >= 0.6 is 0 Å². The molecule has 0 bridgehead atoms. The van der Waals surface area contributed by atoms with E-state index >= 15 is 0 Å². The molecular weight excluding hydrogens is 374 g/mol. The molecule has 0 amide bonds. The molecule has 7 heteroatoms. The van der Waals surface area contributed by atoms with Gasteiger partial charge >= 0.3 is 0 Å². The lowest BCUT2D eigenvalue weighted by Gasteiger charge is -2.02. The standard InChI is InChI=1S/C23H17N7/c1-14-12-30(13-26-14)22-11-24-10-21-16(22)9-20(27-21)23-17-8-15(5-6-19(17)28-29-23)18-4-2-3-7-25-18/h2-13,27H,1H3,(H,28,29). The summed E-state index contributed by atoms with van der Waals surface area (Å²) in [7, 11) is 0. The maximum atomic E-state index is 4.59. The second kappa shape index (κ2) is 6.38. The monoisotopic (exact) mass is 391 g/mol. The van der Waals surface area contributed by atoms with Crippen LogP contribution in [0.15, 0.2) is 73.6 Å². The van der Waals surface area contributed by atoms with E-state index in [1.165, 1.54) is 0 Å². The molecular formula is C23H17N7. The van der Waals surface area contributed by atoms with Crippen molar-refractivity contribution in [3.05, 3.63) is 79.3 Å². The minimum absolute atomic E-state index is 0.867. The molecule has 6 aromatic rings. The third kappa shape index (κ3) is 2.60. The predicted octanol–water partition coefficient (Wildman–Crippen LogP) is 4.66. The van der Waals surface area contributed by atoms with Gasteiger partial charge in [0.2, 0.25) is 0 Å². The molecule has 0 saturated heterocycles. The number of H-pyrrole nitrogens is 2. The van der Waals surface area contributed by atoms with Crippen LogP contribution in [0.2, 0.25) is 0 Å². The number of aromatic nitrogens is 7. The fourth-order valence-electron chi connectivity index (χ4n) is 3.83. The van der Waals surface area contributed by atoms with Crippen LogP contribution < -0.4 is 0 Å². The van der Waals surface area contributed by atoms with Crippen molar-refractivity contribution in [2.24, 2.45) is 0 Å². The van der Waals surface area contributed by atoms with Crippen molar-refractivity contribution in [1.82, 2.24) is 34.7 Å². The Bertz CT molecular complexity index is 1510. The molecule has 0 saturated carbocycles. The van der Waals surface area contributed by atoms with E-state index in [2.05, 4.69) is 48.3 Å². The van der Waals surface area contributed by atoms with Crippen LogP contribution in [0.3, 0.4) is 0 Å². The molecule has 5 heterocycles. The lowest BCUT2D eigenvalue weighted by Crippen LogP contribution is -1.91. The maximum Gasteiger partial charge on any atom is 0.116 e. The van der Waals surface area contributed by atoms with Crippen LogP contribution in [-0.2, 0) is 0 Å². The molecule has 0 aliphatic heterocycles. The SMILES string of the molecule is Cc1cn(-c2cncc3[nH]c(-c4n[nH]c5ccc(-c6ccccn6)cc45)cc23)cn1. The van der Waals surface area contributed by atoms with Gasteiger partial charge in [-0.15, -0.1) is 0 Å². The van der Waals surface area contributed by atoms with Gasteiger partial charge in [-0.25, -0.2) is 4.98 Å². The number of rotatable bonds is 3. The second-order valence-electron chi connectivity index (χ2n) is 7.27. The first-order chi connectivity index (χ1) is 14.8. The molecule has 1 aromatic carbocycles. The van der Waals surface area contributed by atoms with Gasteiger partial charge in [-0.1, -0.05) is 12.1 Å². The van der Waals surface area contributed by atoms with E-state index in [-0.39, 0.29) is 0 Å². The van der Waals surface area contributed by atoms with Crippen LogP contribution in [-0.4, -0.2) is 34.7 Å². The zero-order valence-electron chi connectivity index (χ0n) is 16.2. The number of pyridine rings is 2. The Balaban J connectivity index is 1.52. The van der Waals surface area contributed by atoms with Gasteiger partial charge in [0.15, 0.2) is 0 Å². The van der Waals surface area contributed by atoms with Crippen molar-refractivity contribution < 1.29 is 0 Å². The highest BCUT2D eigenvalue weighted by atomic mass is 15.1. The number of nitrogens with one attached hydrogen (secondary N) is 2. The molecule has 30 heavy (non-hydrogen) atoms. The van der Waals surface area contributed by atoms with Gasteiger partial charge in [-0.3, -0.25) is 15.1 Å². The summed E-state index contributed by atoms with van der Waals surface area (Å²) < 4.78 is 1.99. The molecule has 2 N–H and O–H groups in total. The topological polar surface area (TPSA) is 88.1 Å². The molecule has 5 aromatic heterocycles. The van der Waals surface area contributed by atoms with Crippen molar-refractivity contribution in [1.29, 1.82) is 0 Å². The molecule has 0 aliphatic carbocycles. The van der Waals surface area contributed by atoms with Crippen LogP contribution in [0.25, 0.3) is 50.1 Å². The van der Waals surface area contributed by atoms with Gasteiger partial charge in [0, 0.05) is 28.7 Å². The smallest absolute Gasteiger partial charge is 0.116 e. The van der Waals surface area contributed by atoms with E-state index in [0.29, 0.717) is 0 Å². The molecule has 0 unspecified atom stereocenters. The Morgan fingerprint density at radius 1 is 0.933 bits per heavy atom. The van der Waals surface area contributed by atoms with Gasteiger partial charge in [0.1, 0.15) is 5.69 Å². The molecule has 0 spiro atoms. The van der Waals surface area contributed by atoms with Crippen molar-refractivity contribution >= 4 is 21.8 Å². The summed E-state index contributed by atoms with van der Waals surface area (Å²) in [4.78, 5) is 16.7. The van der Waals surface area contributed by atoms with Crippen LogP contribution in [0.4, 0.5) is 0 Å². The summed E-state index contributed by atoms with van der Waals surface area (Å²) in [6.07, 6.45) is 9.29. The predicted molar refractivity (Wildman–Crippen MR) is 116 cm³/mol. The normalized spacial score (nSPS) is 11.5. The van der Waals surface area contributed by atoms with E-state index in [1.54, 1.807) is 6.20 Å². The van der Waals surface area contributed by atoms with Gasteiger partial charge in [0.05, 0.1) is 52.5 Å². The van der Waals surface area contributed by atoms with Gasteiger partial charge in [-0.2, -0.15) is 5.10 Å². The summed E-state index contributed by atoms with van der Waals surface area (Å²) in [5, 5.41) is 9.83. The highest BCUT2D eigenvalue weighted by molar-refractivity contribution is 5.99. The molecule has 0 fully saturated rings. The first-order valence-corrected chi connectivity index (χ1v) is 9.64. The molecule has 0 aliphatic rings. The summed E-state index contributed by atoms with van der Waals surface area (Å²) >= 11 is 0. The van der Waals surface area contributed by atoms with E-state index in [0.717, 1.165) is 55.8 Å². The molecule has 0 radical (unpaired) electrons. The number of hydrogen-bond donors (Lipinski definition) is 2. The molecule has 0 atom stereocenters. The Labute approximate surface area is 171 Å². The third-order valence-corrected chi connectivity index (χ3v) is 5.29. The number of hydrogen-bond acceptors (Lipinski definition) is 4. The fourth-order valence-corrected chi connectivity index (χ4v) is 3.83. The van der Waals surface area contributed by atoms with Gasteiger partial charge in [0.25, 0.3) is 0 Å². The van der Waals surface area contributed by atoms with E-state index in [1.807, 2.05) is 60.7 Å². The second-order valence-corrected chi connectivity index (χ2v) is 7.27. The molecule has 6 rings (SSSR count). The number of aryl methyl sites for hydroxylation is 1. The molecule has 144 valence electrons. The van der Waals surface area contributed by atoms with Gasteiger partial charge < -0.3 is 9.55 Å². The average Bonchev–Trinajstić information content (AvgIpc) is 3.51. The first-order valence-electron chi connectivity index (χ1n) is 9.64. The summed E-state index contributed by atoms with van der Waals surface area (Å²) in [6.45, 7) is 1.97. The maximum absolute atomic E-state index is 4.59. The van der Waals surface area contributed by atoms with Crippen LogP contribution in [0, 0.1) is 6.92 Å². The Kier molecular flexibility index (Phi) is 3.55. The highest BCUT2D eigenvalue weighted by Crippen LogP contribution is 2.32. The van der Waals surface area contributed by atoms with Crippen LogP contribution in [0.5, 0.6) is 0 Å². The fraction of sp³-hybridized carbons (Fsp3) is 0.0435. The summed E-state index contributed by atoms with van der Waals surface area (Å²) in [5.41, 5.74) is 7.65. The van der Waals surface area contributed by atoms with Crippen LogP contribution in [0.1, 0.15) is 5.69 Å². The highest BCUT2D eigenvalue weighted by Gasteiger charge is 2.15. The number of nitrogens with zero attached hydrogens (tertiary/aromatic N) is 5. The number of imidazole rings is 1. The summed E-state index contributed by atoms with van der Waals surface area (Å²) in [5.74, 6) is 0. The lowest BCUT2D eigenvalue weighted by molar-refractivity contribution is 1.05. The quantitative estimate of drug-likeness (QED) is 0.459. The first kappa shape index (κ1) is 16.7. The zero-order valence-corrected chi connectivity index (χ0v) is 16.2. The Morgan fingerprint density at radius 3 is 2.73 bits per heavy atom. The van der Waals surface area contributed by atoms with Crippen molar-refractivity contribution in [3.63, 3.8) is 0 Å². The Hall–Kier alpha value is -4.26. The lowest BCUT2D eigenvalue weighted by atomic mass is 10.1. The zero-order chi connectivity index (χ0) is 20.1. The largest absolute Gasteiger partial charge is 0.352 e. The van der Waals surface area contributed by atoms with Crippen molar-refractivity contribution in [3.8, 4) is 28.3 Å². The average molecular weight is 391 g/mol. The summed E-state index contributed by atoms with van der Waals surface area (Å²) in [6, 6.07) is 14.3. The number of fused-ring (bicyclic) bond motifs is 2. The third-order valence-electron chi connectivity index (χ3n) is 5.29. The van der Waals surface area contributed by atoms with Crippen molar-refractivity contribution in [2.75, 3.05) is 0 Å². The minimum atomic E-state index is 0.867. The van der Waals surface area contributed by atoms with E-state index in [4.69, 9.17) is 0 Å². The molecule has 7 nitrogen and oxygen atoms in total. The number of aromatic amines is 2.